The van der Waals surface area contributed by atoms with Crippen LogP contribution in [-0.4, -0.2) is 29.2 Å². The molecule has 0 saturated carbocycles. The van der Waals surface area contributed by atoms with E-state index in [1.165, 1.54) is 25.3 Å². The molecule has 0 heterocycles. The maximum atomic E-state index is 11.9. The number of methoxy groups -OCH3 is 1. The Labute approximate surface area is 142 Å². The molecule has 24 heavy (non-hydrogen) atoms. The number of aryl methyl sites for hydroxylation is 1. The largest absolute Gasteiger partial charge is 0.504 e. The number of carbonyl (C=O) groups excluding carboxylic acids is 1. The van der Waals surface area contributed by atoms with Crippen LogP contribution in [0.25, 0.3) is 0 Å². The minimum absolute atomic E-state index is 0.0128. The quantitative estimate of drug-likeness (QED) is 0.732. The summed E-state index contributed by atoms with van der Waals surface area (Å²) in [5.74, 6) is 0.408. The van der Waals surface area contributed by atoms with Gasteiger partial charge in [-0.2, -0.15) is 0 Å². The number of rotatable bonds is 8. The summed E-state index contributed by atoms with van der Waals surface area (Å²) in [6, 6.07) is 14.7. The van der Waals surface area contributed by atoms with E-state index < -0.39 is 6.10 Å². The molecule has 0 radical (unpaired) electrons. The minimum atomic E-state index is -0.764. The zero-order valence-electron chi connectivity index (χ0n) is 13.7. The zero-order valence-corrected chi connectivity index (χ0v) is 13.7. The van der Waals surface area contributed by atoms with E-state index in [4.69, 9.17) is 4.74 Å². The Bertz CT molecular complexity index is 692. The van der Waals surface area contributed by atoms with E-state index in [1.54, 1.807) is 12.1 Å². The van der Waals surface area contributed by atoms with Crippen LogP contribution in [0.1, 0.15) is 17.5 Å². The fourth-order valence-electron chi connectivity index (χ4n) is 2.37. The Morgan fingerprint density at radius 2 is 1.92 bits per heavy atom. The second-order valence-corrected chi connectivity index (χ2v) is 5.59. The van der Waals surface area contributed by atoms with Crippen molar-refractivity contribution in [2.24, 2.45) is 0 Å². The molecule has 2 N–H and O–H groups in total. The second-order valence-electron chi connectivity index (χ2n) is 5.59. The molecule has 0 saturated heterocycles. The average molecular weight is 326 g/mol. The Hall–Kier alpha value is -2.59. The highest BCUT2D eigenvalue weighted by atomic mass is 16.5. The monoisotopic (exact) mass is 326 g/mol. The highest BCUT2D eigenvalue weighted by molar-refractivity contribution is 5.89. The lowest BCUT2D eigenvalue weighted by atomic mass is 10.0. The Balaban J connectivity index is 1.83. The van der Waals surface area contributed by atoms with Crippen molar-refractivity contribution in [3.8, 4) is 11.5 Å². The zero-order chi connectivity index (χ0) is 17.4. The van der Waals surface area contributed by atoms with Crippen molar-refractivity contribution in [2.75, 3.05) is 7.11 Å². The van der Waals surface area contributed by atoms with Crippen molar-refractivity contribution in [3.05, 3.63) is 71.8 Å². The second kappa shape index (κ2) is 8.89. The molecule has 2 rings (SSSR count). The van der Waals surface area contributed by atoms with Crippen LogP contribution in [0.5, 0.6) is 11.5 Å². The van der Waals surface area contributed by atoms with Crippen LogP contribution in [0.15, 0.2) is 60.7 Å². The lowest BCUT2D eigenvalue weighted by molar-refractivity contribution is -0.114. The van der Waals surface area contributed by atoms with Crippen molar-refractivity contribution in [2.45, 2.75) is 25.4 Å². The molecule has 0 bridgehead atoms. The highest BCUT2D eigenvalue weighted by Crippen LogP contribution is 2.26. The van der Waals surface area contributed by atoms with Gasteiger partial charge in [0, 0.05) is 12.8 Å². The fraction of sp³-hybridized carbons (Fsp3) is 0.250. The normalized spacial score (nSPS) is 12.2. The van der Waals surface area contributed by atoms with Gasteiger partial charge in [0.15, 0.2) is 17.3 Å². The van der Waals surface area contributed by atoms with Gasteiger partial charge in [0.05, 0.1) is 13.2 Å². The van der Waals surface area contributed by atoms with Crippen molar-refractivity contribution >= 4 is 5.78 Å². The van der Waals surface area contributed by atoms with E-state index in [1.807, 2.05) is 30.3 Å². The summed E-state index contributed by atoms with van der Waals surface area (Å²) >= 11 is 0. The van der Waals surface area contributed by atoms with Crippen molar-refractivity contribution in [3.63, 3.8) is 0 Å². The van der Waals surface area contributed by atoms with Gasteiger partial charge in [-0.1, -0.05) is 42.5 Å². The number of allylic oxidation sites excluding steroid dienone is 1. The summed E-state index contributed by atoms with van der Waals surface area (Å²) in [4.78, 5) is 11.9. The van der Waals surface area contributed by atoms with E-state index in [9.17, 15) is 15.0 Å². The third-order valence-electron chi connectivity index (χ3n) is 3.70. The topological polar surface area (TPSA) is 66.8 Å². The van der Waals surface area contributed by atoms with Gasteiger partial charge in [-0.15, -0.1) is 0 Å². The molecule has 0 aliphatic rings. The van der Waals surface area contributed by atoms with Gasteiger partial charge in [0.2, 0.25) is 0 Å². The summed E-state index contributed by atoms with van der Waals surface area (Å²) in [5, 5.41) is 19.6. The lowest BCUT2D eigenvalue weighted by Crippen LogP contribution is -2.08. The smallest absolute Gasteiger partial charge is 0.160 e. The predicted octanol–water partition coefficient (Wildman–Crippen LogP) is 3.06. The molecule has 4 heteroatoms. The molecule has 2 aromatic carbocycles. The van der Waals surface area contributed by atoms with E-state index in [-0.39, 0.29) is 11.5 Å². The first-order valence-electron chi connectivity index (χ1n) is 7.87. The van der Waals surface area contributed by atoms with E-state index in [2.05, 4.69) is 0 Å². The van der Waals surface area contributed by atoms with E-state index in [0.717, 1.165) is 11.1 Å². The Morgan fingerprint density at radius 1 is 1.17 bits per heavy atom. The number of aliphatic hydroxyl groups excluding tert-OH is 1. The molecule has 126 valence electrons. The Morgan fingerprint density at radius 3 is 2.62 bits per heavy atom. The van der Waals surface area contributed by atoms with Gasteiger partial charge in [-0.3, -0.25) is 4.79 Å². The third-order valence-corrected chi connectivity index (χ3v) is 3.70. The average Bonchev–Trinajstić information content (AvgIpc) is 2.60. The predicted molar refractivity (Wildman–Crippen MR) is 93.3 cm³/mol. The van der Waals surface area contributed by atoms with Crippen LogP contribution >= 0.6 is 0 Å². The van der Waals surface area contributed by atoms with Gasteiger partial charge in [0.25, 0.3) is 0 Å². The van der Waals surface area contributed by atoms with Gasteiger partial charge in [-0.05, 0) is 35.8 Å². The first-order valence-corrected chi connectivity index (χ1v) is 7.87. The van der Waals surface area contributed by atoms with Crippen LogP contribution in [0, 0.1) is 0 Å². The summed E-state index contributed by atoms with van der Waals surface area (Å²) in [5.41, 5.74) is 1.94. The van der Waals surface area contributed by atoms with Crippen LogP contribution in [-0.2, 0) is 17.6 Å². The molecule has 0 amide bonds. The van der Waals surface area contributed by atoms with Crippen LogP contribution in [0.3, 0.4) is 0 Å². The number of ether oxygens (including phenoxy) is 1. The first kappa shape index (κ1) is 17.8. The summed E-state index contributed by atoms with van der Waals surface area (Å²) in [7, 11) is 1.47. The van der Waals surface area contributed by atoms with Crippen molar-refractivity contribution in [1.82, 2.24) is 0 Å². The standard InChI is InChI=1S/C20H22O4/c1-24-20-14-16(8-12-19(20)23)13-18(22)11-10-17(21)9-7-15-5-3-2-4-6-15/h2-6,8,10-12,14,18,22-23H,7,9,13H2,1H3. The molecule has 1 atom stereocenters. The van der Waals surface area contributed by atoms with E-state index >= 15 is 0 Å². The van der Waals surface area contributed by atoms with Gasteiger partial charge in [0.1, 0.15) is 0 Å². The SMILES string of the molecule is COc1cc(CC(O)C=CC(=O)CCc2ccccc2)ccc1O. The molecular weight excluding hydrogens is 304 g/mol. The number of carbonyl (C=O) groups is 1. The molecule has 4 nitrogen and oxygen atoms in total. The summed E-state index contributed by atoms with van der Waals surface area (Å²) < 4.78 is 5.04. The maximum Gasteiger partial charge on any atom is 0.160 e. The molecule has 0 spiro atoms. The molecule has 1 unspecified atom stereocenters. The number of aromatic hydroxyl groups is 1. The number of ketones is 1. The number of phenols is 1. The Kier molecular flexibility index (Phi) is 6.58. The molecule has 0 aliphatic heterocycles. The van der Waals surface area contributed by atoms with Crippen molar-refractivity contribution < 1.29 is 19.7 Å². The number of benzene rings is 2. The maximum absolute atomic E-state index is 11.9. The number of aliphatic hydroxyl groups is 1. The lowest BCUT2D eigenvalue weighted by Gasteiger charge is -2.09. The number of hydrogen-bond acceptors (Lipinski definition) is 4. The highest BCUT2D eigenvalue weighted by Gasteiger charge is 2.07. The van der Waals surface area contributed by atoms with Crippen LogP contribution in [0.4, 0.5) is 0 Å². The fourth-order valence-corrected chi connectivity index (χ4v) is 2.37. The molecule has 2 aromatic rings. The summed E-state index contributed by atoms with van der Waals surface area (Å²) in [6.07, 6.45) is 3.63. The minimum Gasteiger partial charge on any atom is -0.504 e. The molecule has 0 fully saturated rings. The molecule has 0 aliphatic carbocycles. The van der Waals surface area contributed by atoms with E-state index in [0.29, 0.717) is 25.0 Å². The third kappa shape index (κ3) is 5.56. The first-order chi connectivity index (χ1) is 11.6. The molecular formula is C20H22O4. The van der Waals surface area contributed by atoms with Crippen LogP contribution < -0.4 is 4.74 Å². The van der Waals surface area contributed by atoms with Crippen molar-refractivity contribution in [1.29, 1.82) is 0 Å². The van der Waals surface area contributed by atoms with Gasteiger partial charge >= 0.3 is 0 Å². The number of phenolic OH excluding ortho intramolecular Hbond substituents is 1. The van der Waals surface area contributed by atoms with Gasteiger partial charge in [-0.25, -0.2) is 0 Å². The van der Waals surface area contributed by atoms with Gasteiger partial charge < -0.3 is 14.9 Å². The summed E-state index contributed by atoms with van der Waals surface area (Å²) in [6.45, 7) is 0. The van der Waals surface area contributed by atoms with Crippen LogP contribution in [0.2, 0.25) is 0 Å². The number of hydrogen-bond donors (Lipinski definition) is 2. The molecule has 0 aromatic heterocycles.